The topological polar surface area (TPSA) is 58.6 Å². The third kappa shape index (κ3) is 4.72. The summed E-state index contributed by atoms with van der Waals surface area (Å²) in [6.07, 6.45) is 1.12. The average Bonchev–Trinajstić information content (AvgIpc) is 2.85. The van der Waals surface area contributed by atoms with Crippen LogP contribution >= 0.6 is 0 Å². The second-order valence-corrected chi connectivity index (χ2v) is 8.15. The molecule has 0 atom stereocenters. The molecule has 0 fully saturated rings. The molecule has 2 amide bonds. The first-order valence-corrected chi connectivity index (χ1v) is 11.0. The molecule has 1 aliphatic heterocycles. The summed E-state index contributed by atoms with van der Waals surface area (Å²) in [6.45, 7) is 0.464. The van der Waals surface area contributed by atoms with E-state index < -0.39 is 0 Å². The number of amides is 2. The first kappa shape index (κ1) is 20.8. The van der Waals surface area contributed by atoms with Crippen LogP contribution < -0.4 is 15.0 Å². The monoisotopic (exact) mass is 436 g/mol. The lowest BCUT2D eigenvalue weighted by Gasteiger charge is -2.30. The quantitative estimate of drug-likeness (QED) is 0.444. The van der Waals surface area contributed by atoms with E-state index in [0.717, 1.165) is 27.6 Å². The van der Waals surface area contributed by atoms with Gasteiger partial charge in [-0.15, -0.1) is 0 Å². The van der Waals surface area contributed by atoms with Crippen molar-refractivity contribution in [3.05, 3.63) is 102 Å². The Kier molecular flexibility index (Phi) is 5.77. The molecule has 5 nitrogen and oxygen atoms in total. The molecule has 164 valence electrons. The maximum atomic E-state index is 12.6. The molecule has 33 heavy (non-hydrogen) atoms. The van der Waals surface area contributed by atoms with Gasteiger partial charge in [0, 0.05) is 17.8 Å². The molecule has 4 aromatic carbocycles. The van der Waals surface area contributed by atoms with Crippen molar-refractivity contribution in [3.63, 3.8) is 0 Å². The van der Waals surface area contributed by atoms with Crippen LogP contribution in [0.2, 0.25) is 0 Å². The molecule has 0 saturated heterocycles. The van der Waals surface area contributed by atoms with Crippen molar-refractivity contribution < 1.29 is 14.3 Å². The number of carbonyl (C=O) groups is 2. The summed E-state index contributed by atoms with van der Waals surface area (Å²) in [5.74, 6) is 0.549. The number of anilines is 2. The molecule has 5 rings (SSSR count). The number of rotatable bonds is 6. The minimum absolute atomic E-state index is 0.0754. The number of hydrogen-bond acceptors (Lipinski definition) is 3. The summed E-state index contributed by atoms with van der Waals surface area (Å²) in [5.41, 5.74) is 3.75. The number of ether oxygens (including phenoxy) is 1. The molecule has 0 bridgehead atoms. The summed E-state index contributed by atoms with van der Waals surface area (Å²) < 4.78 is 5.69. The number of carbonyl (C=O) groups excluding carboxylic acids is 2. The van der Waals surface area contributed by atoms with Crippen molar-refractivity contribution in [3.8, 4) is 5.75 Å². The van der Waals surface area contributed by atoms with Gasteiger partial charge in [-0.25, -0.2) is 0 Å². The summed E-state index contributed by atoms with van der Waals surface area (Å²) in [7, 11) is 0. The molecular formula is C28H24N2O3. The molecule has 0 radical (unpaired) electrons. The SMILES string of the molecule is O=C(COc1ccc2ccccc2c1)Nc1ccc2c(c1)CCC(=O)N2Cc1ccccc1. The fraction of sp³-hybridized carbons (Fsp3) is 0.143. The Morgan fingerprint density at radius 3 is 2.48 bits per heavy atom. The molecule has 0 unspecified atom stereocenters. The van der Waals surface area contributed by atoms with E-state index in [1.54, 1.807) is 0 Å². The summed E-state index contributed by atoms with van der Waals surface area (Å²) in [6, 6.07) is 29.5. The van der Waals surface area contributed by atoms with Crippen LogP contribution in [0.5, 0.6) is 5.75 Å². The van der Waals surface area contributed by atoms with Crippen LogP contribution in [0.25, 0.3) is 10.8 Å². The lowest BCUT2D eigenvalue weighted by atomic mass is 9.99. The lowest BCUT2D eigenvalue weighted by molar-refractivity contribution is -0.119. The van der Waals surface area contributed by atoms with E-state index >= 15 is 0 Å². The van der Waals surface area contributed by atoms with Gasteiger partial charge in [-0.05, 0) is 58.7 Å². The Labute approximate surface area is 192 Å². The second kappa shape index (κ2) is 9.17. The van der Waals surface area contributed by atoms with E-state index in [4.69, 9.17) is 4.74 Å². The van der Waals surface area contributed by atoms with Gasteiger partial charge in [-0.2, -0.15) is 0 Å². The number of fused-ring (bicyclic) bond motifs is 2. The molecule has 4 aromatic rings. The van der Waals surface area contributed by atoms with Crippen LogP contribution in [-0.4, -0.2) is 18.4 Å². The van der Waals surface area contributed by atoms with Crippen LogP contribution in [0.1, 0.15) is 17.5 Å². The van der Waals surface area contributed by atoms with Crippen molar-refractivity contribution >= 4 is 34.0 Å². The zero-order chi connectivity index (χ0) is 22.6. The zero-order valence-corrected chi connectivity index (χ0v) is 18.2. The van der Waals surface area contributed by atoms with Crippen LogP contribution in [0.3, 0.4) is 0 Å². The van der Waals surface area contributed by atoms with Gasteiger partial charge in [-0.3, -0.25) is 9.59 Å². The molecule has 1 aliphatic rings. The fourth-order valence-electron chi connectivity index (χ4n) is 4.18. The van der Waals surface area contributed by atoms with Gasteiger partial charge in [0.05, 0.1) is 6.54 Å². The number of nitrogens with one attached hydrogen (secondary N) is 1. The molecule has 0 aromatic heterocycles. The van der Waals surface area contributed by atoms with E-state index in [0.29, 0.717) is 30.8 Å². The highest BCUT2D eigenvalue weighted by Crippen LogP contribution is 2.31. The van der Waals surface area contributed by atoms with Crippen LogP contribution in [0.15, 0.2) is 91.0 Å². The largest absolute Gasteiger partial charge is 0.484 e. The van der Waals surface area contributed by atoms with E-state index in [1.165, 1.54) is 0 Å². The highest BCUT2D eigenvalue weighted by Gasteiger charge is 2.24. The van der Waals surface area contributed by atoms with E-state index in [9.17, 15) is 9.59 Å². The molecule has 0 aliphatic carbocycles. The predicted molar refractivity (Wildman–Crippen MR) is 130 cm³/mol. The Bertz CT molecular complexity index is 1320. The smallest absolute Gasteiger partial charge is 0.262 e. The van der Waals surface area contributed by atoms with Crippen molar-refractivity contribution in [1.82, 2.24) is 0 Å². The Hall–Kier alpha value is -4.12. The van der Waals surface area contributed by atoms with Crippen molar-refractivity contribution in [2.75, 3.05) is 16.8 Å². The fourth-order valence-corrected chi connectivity index (χ4v) is 4.18. The lowest BCUT2D eigenvalue weighted by Crippen LogP contribution is -2.34. The normalized spacial score (nSPS) is 13.0. The first-order chi connectivity index (χ1) is 16.2. The number of nitrogens with zero attached hydrogens (tertiary/aromatic N) is 1. The standard InChI is InChI=1S/C28H24N2O3/c31-27(19-33-25-13-10-21-8-4-5-9-22(21)17-25)29-24-12-14-26-23(16-24)11-15-28(32)30(26)18-20-6-2-1-3-7-20/h1-10,12-14,16-17H,11,15,18-19H2,(H,29,31). The summed E-state index contributed by atoms with van der Waals surface area (Å²) >= 11 is 0. The van der Waals surface area contributed by atoms with Crippen molar-refractivity contribution in [1.29, 1.82) is 0 Å². The molecular weight excluding hydrogens is 412 g/mol. The zero-order valence-electron chi connectivity index (χ0n) is 18.2. The maximum absolute atomic E-state index is 12.6. The van der Waals surface area contributed by atoms with Crippen molar-refractivity contribution in [2.45, 2.75) is 19.4 Å². The van der Waals surface area contributed by atoms with Crippen molar-refractivity contribution in [2.24, 2.45) is 0 Å². The third-order valence-corrected chi connectivity index (χ3v) is 5.84. The summed E-state index contributed by atoms with van der Waals surface area (Å²) in [5, 5.41) is 5.10. The highest BCUT2D eigenvalue weighted by molar-refractivity contribution is 5.97. The average molecular weight is 437 g/mol. The van der Waals surface area contributed by atoms with Crippen LogP contribution in [0.4, 0.5) is 11.4 Å². The number of benzene rings is 4. The molecule has 1 heterocycles. The van der Waals surface area contributed by atoms with Gasteiger partial charge in [0.2, 0.25) is 5.91 Å². The second-order valence-electron chi connectivity index (χ2n) is 8.15. The van der Waals surface area contributed by atoms with Crippen LogP contribution in [0, 0.1) is 0 Å². The minimum atomic E-state index is -0.226. The van der Waals surface area contributed by atoms with Gasteiger partial charge >= 0.3 is 0 Å². The number of aryl methyl sites for hydroxylation is 1. The van der Waals surface area contributed by atoms with Gasteiger partial charge in [-0.1, -0.05) is 60.7 Å². The number of hydrogen-bond donors (Lipinski definition) is 1. The first-order valence-electron chi connectivity index (χ1n) is 11.0. The Balaban J connectivity index is 1.24. The van der Waals surface area contributed by atoms with Crippen LogP contribution in [-0.2, 0) is 22.6 Å². The predicted octanol–water partition coefficient (Wildman–Crippen LogP) is 5.34. The Morgan fingerprint density at radius 1 is 0.848 bits per heavy atom. The van der Waals surface area contributed by atoms with E-state index in [-0.39, 0.29) is 18.4 Å². The van der Waals surface area contributed by atoms with E-state index in [2.05, 4.69) is 5.32 Å². The van der Waals surface area contributed by atoms with Gasteiger partial charge in [0.15, 0.2) is 6.61 Å². The van der Waals surface area contributed by atoms with Gasteiger partial charge < -0.3 is 15.0 Å². The highest BCUT2D eigenvalue weighted by atomic mass is 16.5. The summed E-state index contributed by atoms with van der Waals surface area (Å²) in [4.78, 5) is 26.9. The Morgan fingerprint density at radius 2 is 1.64 bits per heavy atom. The molecule has 0 saturated carbocycles. The minimum Gasteiger partial charge on any atom is -0.484 e. The molecule has 0 spiro atoms. The van der Waals surface area contributed by atoms with Gasteiger partial charge in [0.25, 0.3) is 5.91 Å². The molecule has 5 heteroatoms. The van der Waals surface area contributed by atoms with E-state index in [1.807, 2.05) is 95.9 Å². The maximum Gasteiger partial charge on any atom is 0.262 e. The molecule has 1 N–H and O–H groups in total. The third-order valence-electron chi connectivity index (χ3n) is 5.84. The van der Waals surface area contributed by atoms with Gasteiger partial charge in [0.1, 0.15) is 5.75 Å².